The highest BCUT2D eigenvalue weighted by molar-refractivity contribution is 9.10. The molecule has 5 heteroatoms. The van der Waals surface area contributed by atoms with Gasteiger partial charge in [-0.25, -0.2) is 0 Å². The first-order valence-corrected chi connectivity index (χ1v) is 6.17. The van der Waals surface area contributed by atoms with Crippen LogP contribution in [-0.4, -0.2) is 9.78 Å². The zero-order valence-electron chi connectivity index (χ0n) is 9.60. The van der Waals surface area contributed by atoms with E-state index < -0.39 is 0 Å². The molecule has 1 heterocycles. The molecular weight excluding hydrogens is 280 g/mol. The molecule has 0 radical (unpaired) electrons. The molecule has 0 bridgehead atoms. The first kappa shape index (κ1) is 12.3. The van der Waals surface area contributed by atoms with Crippen LogP contribution in [0.4, 0.5) is 0 Å². The third-order valence-electron chi connectivity index (χ3n) is 2.65. The van der Waals surface area contributed by atoms with Crippen LogP contribution in [0.3, 0.4) is 0 Å². The third-order valence-corrected chi connectivity index (χ3v) is 3.14. The fourth-order valence-electron chi connectivity index (χ4n) is 1.81. The summed E-state index contributed by atoms with van der Waals surface area (Å²) in [6, 6.07) is 8.23. The summed E-state index contributed by atoms with van der Waals surface area (Å²) in [4.78, 5) is 0. The number of aryl methyl sites for hydroxylation is 1. The largest absolute Gasteiger partial charge is 0.276 e. The van der Waals surface area contributed by atoms with E-state index in [-0.39, 0.29) is 6.04 Å². The molecule has 1 aromatic heterocycles. The van der Waals surface area contributed by atoms with Crippen LogP contribution in [0.5, 0.6) is 0 Å². The van der Waals surface area contributed by atoms with Gasteiger partial charge in [0.2, 0.25) is 0 Å². The number of hydrogen-bond acceptors (Lipinski definition) is 3. The molecule has 0 aliphatic carbocycles. The Morgan fingerprint density at radius 1 is 1.53 bits per heavy atom. The highest BCUT2D eigenvalue weighted by atomic mass is 79.9. The van der Waals surface area contributed by atoms with Gasteiger partial charge in [-0.15, -0.1) is 0 Å². The molecule has 3 N–H and O–H groups in total. The molecule has 4 nitrogen and oxygen atoms in total. The Hall–Kier alpha value is -1.17. The number of nitrogens with two attached hydrogens (primary N) is 1. The number of nitrogens with zero attached hydrogens (tertiary/aromatic N) is 2. The summed E-state index contributed by atoms with van der Waals surface area (Å²) in [6.07, 6.45) is 4.69. The van der Waals surface area contributed by atoms with Crippen molar-refractivity contribution in [3.8, 4) is 0 Å². The van der Waals surface area contributed by atoms with Crippen molar-refractivity contribution in [2.45, 2.75) is 12.5 Å². The molecule has 0 spiro atoms. The number of hydrogen-bond donors (Lipinski definition) is 2. The predicted molar refractivity (Wildman–Crippen MR) is 71.1 cm³/mol. The third kappa shape index (κ3) is 3.15. The van der Waals surface area contributed by atoms with E-state index in [1.54, 1.807) is 4.68 Å². The van der Waals surface area contributed by atoms with Crippen LogP contribution in [0.2, 0.25) is 0 Å². The Bertz CT molecular complexity index is 495. The second kappa shape index (κ2) is 5.44. The SMILES string of the molecule is Cn1cc(CC(NN)c2cccc(Br)c2)cn1. The van der Waals surface area contributed by atoms with E-state index in [4.69, 9.17) is 5.84 Å². The lowest BCUT2D eigenvalue weighted by Gasteiger charge is -2.15. The van der Waals surface area contributed by atoms with Crippen molar-refractivity contribution in [2.75, 3.05) is 0 Å². The van der Waals surface area contributed by atoms with Gasteiger partial charge in [-0.2, -0.15) is 5.10 Å². The van der Waals surface area contributed by atoms with E-state index in [0.717, 1.165) is 22.0 Å². The highest BCUT2D eigenvalue weighted by Crippen LogP contribution is 2.20. The van der Waals surface area contributed by atoms with Gasteiger partial charge in [-0.05, 0) is 29.7 Å². The number of nitrogens with one attached hydrogen (secondary N) is 1. The summed E-state index contributed by atoms with van der Waals surface area (Å²) >= 11 is 3.46. The standard InChI is InChI=1S/C12H15BrN4/c1-17-8-9(7-15-17)5-12(16-14)10-3-2-4-11(13)6-10/h2-4,6-8,12,16H,5,14H2,1H3. The molecule has 1 unspecified atom stereocenters. The van der Waals surface area contributed by atoms with Gasteiger partial charge in [0.15, 0.2) is 0 Å². The van der Waals surface area contributed by atoms with Crippen LogP contribution in [0, 0.1) is 0 Å². The average molecular weight is 295 g/mol. The molecule has 1 aromatic carbocycles. The lowest BCUT2D eigenvalue weighted by Crippen LogP contribution is -2.29. The number of aromatic nitrogens is 2. The van der Waals surface area contributed by atoms with Crippen molar-refractivity contribution < 1.29 is 0 Å². The quantitative estimate of drug-likeness (QED) is 0.669. The van der Waals surface area contributed by atoms with Crippen LogP contribution >= 0.6 is 15.9 Å². The molecule has 90 valence electrons. The van der Waals surface area contributed by atoms with Crippen molar-refractivity contribution in [3.63, 3.8) is 0 Å². The molecule has 0 saturated carbocycles. The summed E-state index contributed by atoms with van der Waals surface area (Å²) in [6.45, 7) is 0. The lowest BCUT2D eigenvalue weighted by molar-refractivity contribution is 0.551. The summed E-state index contributed by atoms with van der Waals surface area (Å²) in [5.41, 5.74) is 5.17. The van der Waals surface area contributed by atoms with Crippen LogP contribution in [0.1, 0.15) is 17.2 Å². The maximum atomic E-state index is 5.62. The molecule has 0 amide bonds. The Kier molecular flexibility index (Phi) is 3.93. The molecule has 0 aliphatic rings. The first-order valence-electron chi connectivity index (χ1n) is 5.38. The topological polar surface area (TPSA) is 55.9 Å². The van der Waals surface area contributed by atoms with Crippen molar-refractivity contribution in [2.24, 2.45) is 12.9 Å². The first-order chi connectivity index (χ1) is 8.19. The number of hydrazine groups is 1. The molecule has 2 rings (SSSR count). The molecule has 0 saturated heterocycles. The second-order valence-electron chi connectivity index (χ2n) is 4.00. The van der Waals surface area contributed by atoms with Gasteiger partial charge < -0.3 is 0 Å². The summed E-state index contributed by atoms with van der Waals surface area (Å²) in [5, 5.41) is 4.15. The Morgan fingerprint density at radius 3 is 2.94 bits per heavy atom. The van der Waals surface area contributed by atoms with Crippen LogP contribution in [0.15, 0.2) is 41.1 Å². The van der Waals surface area contributed by atoms with Crippen molar-refractivity contribution in [1.82, 2.24) is 15.2 Å². The second-order valence-corrected chi connectivity index (χ2v) is 4.92. The minimum absolute atomic E-state index is 0.0942. The Balaban J connectivity index is 2.16. The van der Waals surface area contributed by atoms with Crippen molar-refractivity contribution >= 4 is 15.9 Å². The van der Waals surface area contributed by atoms with E-state index in [1.165, 1.54) is 0 Å². The van der Waals surface area contributed by atoms with Crippen LogP contribution < -0.4 is 11.3 Å². The summed E-state index contributed by atoms with van der Waals surface area (Å²) < 4.78 is 2.85. The van der Waals surface area contributed by atoms with Gasteiger partial charge in [0.1, 0.15) is 0 Å². The monoisotopic (exact) mass is 294 g/mol. The van der Waals surface area contributed by atoms with Gasteiger partial charge in [0, 0.05) is 17.7 Å². The van der Waals surface area contributed by atoms with Gasteiger partial charge in [0.05, 0.1) is 12.2 Å². The zero-order valence-corrected chi connectivity index (χ0v) is 11.2. The van der Waals surface area contributed by atoms with Gasteiger partial charge in [-0.1, -0.05) is 28.1 Å². The van der Waals surface area contributed by atoms with E-state index in [0.29, 0.717) is 0 Å². The number of rotatable bonds is 4. The van der Waals surface area contributed by atoms with Crippen LogP contribution in [0.25, 0.3) is 0 Å². The predicted octanol–water partition coefficient (Wildman–Crippen LogP) is 1.93. The average Bonchev–Trinajstić information content (AvgIpc) is 2.72. The molecule has 1 atom stereocenters. The van der Waals surface area contributed by atoms with Gasteiger partial charge in [-0.3, -0.25) is 16.0 Å². The fraction of sp³-hybridized carbons (Fsp3) is 0.250. The Morgan fingerprint density at radius 2 is 2.35 bits per heavy atom. The van der Waals surface area contributed by atoms with Crippen LogP contribution in [-0.2, 0) is 13.5 Å². The van der Waals surface area contributed by atoms with Gasteiger partial charge in [0.25, 0.3) is 0 Å². The van der Waals surface area contributed by atoms with E-state index in [9.17, 15) is 0 Å². The number of benzene rings is 1. The van der Waals surface area contributed by atoms with E-state index in [2.05, 4.69) is 38.6 Å². The molecule has 17 heavy (non-hydrogen) atoms. The molecule has 0 aliphatic heterocycles. The minimum atomic E-state index is 0.0942. The zero-order chi connectivity index (χ0) is 12.3. The normalized spacial score (nSPS) is 12.6. The van der Waals surface area contributed by atoms with Crippen molar-refractivity contribution in [1.29, 1.82) is 0 Å². The molecule has 2 aromatic rings. The number of halogens is 1. The van der Waals surface area contributed by atoms with Crippen molar-refractivity contribution in [3.05, 3.63) is 52.3 Å². The lowest BCUT2D eigenvalue weighted by atomic mass is 10.0. The smallest absolute Gasteiger partial charge is 0.0522 e. The molecular formula is C12H15BrN4. The minimum Gasteiger partial charge on any atom is -0.276 e. The van der Waals surface area contributed by atoms with E-state index in [1.807, 2.05) is 31.6 Å². The summed E-state index contributed by atoms with van der Waals surface area (Å²) in [7, 11) is 1.91. The highest BCUT2D eigenvalue weighted by Gasteiger charge is 2.11. The Labute approximate surface area is 109 Å². The molecule has 0 fully saturated rings. The van der Waals surface area contributed by atoms with E-state index >= 15 is 0 Å². The summed E-state index contributed by atoms with van der Waals surface area (Å²) in [5.74, 6) is 5.62. The fourth-order valence-corrected chi connectivity index (χ4v) is 2.23. The van der Waals surface area contributed by atoms with Gasteiger partial charge >= 0.3 is 0 Å². The maximum Gasteiger partial charge on any atom is 0.0522 e. The maximum absolute atomic E-state index is 5.62.